The topological polar surface area (TPSA) is 38.2 Å². The first-order chi connectivity index (χ1) is 12.7. The third-order valence-electron chi connectivity index (χ3n) is 4.83. The van der Waals surface area contributed by atoms with Crippen molar-refractivity contribution >= 4 is 22.5 Å². The number of para-hydroxylation sites is 1. The maximum Gasteiger partial charge on any atom is 0.225 e. The second-order valence-electron chi connectivity index (χ2n) is 6.89. The van der Waals surface area contributed by atoms with Crippen LogP contribution < -0.4 is 4.74 Å². The van der Waals surface area contributed by atoms with Crippen molar-refractivity contribution in [2.75, 3.05) is 20.1 Å². The molecule has 2 aromatic carbocycles. The fourth-order valence-electron chi connectivity index (χ4n) is 3.31. The smallest absolute Gasteiger partial charge is 0.225 e. The van der Waals surface area contributed by atoms with Crippen LogP contribution in [0.2, 0.25) is 5.02 Å². The highest BCUT2D eigenvalue weighted by molar-refractivity contribution is 6.30. The Morgan fingerprint density at radius 2 is 1.77 bits per heavy atom. The molecular formula is C21H22ClN3O. The van der Waals surface area contributed by atoms with Gasteiger partial charge in [-0.3, -0.25) is 0 Å². The molecule has 1 aromatic heterocycles. The minimum atomic E-state index is 0.216. The zero-order valence-electron chi connectivity index (χ0n) is 14.9. The van der Waals surface area contributed by atoms with Crippen LogP contribution in [0.3, 0.4) is 0 Å². The maximum atomic E-state index is 6.32. The molecule has 1 aliphatic rings. The molecule has 0 amide bonds. The number of ether oxygens (including phenoxy) is 1. The Bertz CT molecular complexity index is 889. The van der Waals surface area contributed by atoms with Crippen molar-refractivity contribution in [1.82, 2.24) is 14.9 Å². The van der Waals surface area contributed by atoms with Gasteiger partial charge in [0, 0.05) is 24.5 Å². The van der Waals surface area contributed by atoms with E-state index in [1.165, 1.54) is 0 Å². The lowest BCUT2D eigenvalue weighted by Gasteiger charge is -2.29. The van der Waals surface area contributed by atoms with E-state index in [4.69, 9.17) is 26.3 Å². The molecular weight excluding hydrogens is 346 g/mol. The van der Waals surface area contributed by atoms with E-state index in [1.54, 1.807) is 0 Å². The molecule has 134 valence electrons. The zero-order chi connectivity index (χ0) is 17.9. The zero-order valence-corrected chi connectivity index (χ0v) is 15.6. The summed E-state index contributed by atoms with van der Waals surface area (Å²) in [5.41, 5.74) is 2.06. The Hall–Kier alpha value is -2.17. The van der Waals surface area contributed by atoms with Crippen LogP contribution in [0.5, 0.6) is 5.88 Å². The Labute approximate surface area is 158 Å². The summed E-state index contributed by atoms with van der Waals surface area (Å²) >= 11 is 5.98. The highest BCUT2D eigenvalue weighted by Crippen LogP contribution is 2.26. The summed E-state index contributed by atoms with van der Waals surface area (Å²) in [6.45, 7) is 2.12. The molecule has 1 saturated heterocycles. The van der Waals surface area contributed by atoms with Crippen molar-refractivity contribution in [1.29, 1.82) is 0 Å². The van der Waals surface area contributed by atoms with Crippen LogP contribution in [0, 0.1) is 0 Å². The molecule has 0 radical (unpaired) electrons. The van der Waals surface area contributed by atoms with Crippen LogP contribution in [0.4, 0.5) is 0 Å². The van der Waals surface area contributed by atoms with Crippen LogP contribution in [0.25, 0.3) is 10.9 Å². The van der Waals surface area contributed by atoms with Crippen LogP contribution in [0.1, 0.15) is 24.2 Å². The maximum absolute atomic E-state index is 6.32. The molecule has 4 rings (SSSR count). The number of benzene rings is 2. The van der Waals surface area contributed by atoms with Gasteiger partial charge in [-0.1, -0.05) is 35.9 Å². The molecule has 0 N–H and O–H groups in total. The van der Waals surface area contributed by atoms with Gasteiger partial charge in [0.15, 0.2) is 0 Å². The number of nitrogens with zero attached hydrogens (tertiary/aromatic N) is 3. The van der Waals surface area contributed by atoms with Crippen molar-refractivity contribution < 1.29 is 4.74 Å². The van der Waals surface area contributed by atoms with Gasteiger partial charge in [0.05, 0.1) is 10.9 Å². The van der Waals surface area contributed by atoms with E-state index in [0.29, 0.717) is 12.3 Å². The monoisotopic (exact) mass is 367 g/mol. The van der Waals surface area contributed by atoms with E-state index in [1.807, 2.05) is 48.5 Å². The van der Waals surface area contributed by atoms with Crippen molar-refractivity contribution in [3.63, 3.8) is 0 Å². The van der Waals surface area contributed by atoms with Crippen LogP contribution in [-0.2, 0) is 6.42 Å². The van der Waals surface area contributed by atoms with Gasteiger partial charge in [0.25, 0.3) is 0 Å². The molecule has 0 aliphatic carbocycles. The molecule has 3 aromatic rings. The molecule has 4 nitrogen and oxygen atoms in total. The Kier molecular flexibility index (Phi) is 5.05. The summed E-state index contributed by atoms with van der Waals surface area (Å²) in [6, 6.07) is 15.9. The number of rotatable bonds is 4. The van der Waals surface area contributed by atoms with Crippen molar-refractivity contribution in [3.05, 3.63) is 64.9 Å². The standard InChI is InChI=1S/C21H22ClN3O/c1-25-12-10-17(11-13-25)26-21-18-4-2-3-5-19(18)23-20(24-21)14-15-6-8-16(22)9-7-15/h2-9,17H,10-14H2,1H3. The predicted octanol–water partition coefficient (Wildman–Crippen LogP) is 4.35. The van der Waals surface area contributed by atoms with E-state index in [9.17, 15) is 0 Å². The molecule has 1 fully saturated rings. The second kappa shape index (κ2) is 7.60. The highest BCUT2D eigenvalue weighted by Gasteiger charge is 2.20. The number of hydrogen-bond donors (Lipinski definition) is 0. The molecule has 26 heavy (non-hydrogen) atoms. The third-order valence-corrected chi connectivity index (χ3v) is 5.09. The van der Waals surface area contributed by atoms with Crippen molar-refractivity contribution in [2.24, 2.45) is 0 Å². The number of aromatic nitrogens is 2. The van der Waals surface area contributed by atoms with Gasteiger partial charge < -0.3 is 9.64 Å². The minimum absolute atomic E-state index is 0.216. The lowest BCUT2D eigenvalue weighted by molar-refractivity contribution is 0.111. The molecule has 0 unspecified atom stereocenters. The average Bonchev–Trinajstić information content (AvgIpc) is 2.65. The summed E-state index contributed by atoms with van der Waals surface area (Å²) in [7, 11) is 2.15. The van der Waals surface area contributed by atoms with Gasteiger partial charge >= 0.3 is 0 Å². The number of likely N-dealkylation sites (tertiary alicyclic amines) is 1. The molecule has 0 bridgehead atoms. The van der Waals surface area contributed by atoms with E-state index in [-0.39, 0.29) is 6.10 Å². The Balaban J connectivity index is 1.63. The molecule has 5 heteroatoms. The first-order valence-electron chi connectivity index (χ1n) is 9.03. The lowest BCUT2D eigenvalue weighted by atomic mass is 10.1. The summed E-state index contributed by atoms with van der Waals surface area (Å²) in [5, 5.41) is 1.71. The largest absolute Gasteiger partial charge is 0.474 e. The van der Waals surface area contributed by atoms with Crippen LogP contribution in [0.15, 0.2) is 48.5 Å². The lowest BCUT2D eigenvalue weighted by Crippen LogP contribution is -2.35. The minimum Gasteiger partial charge on any atom is -0.474 e. The fraction of sp³-hybridized carbons (Fsp3) is 0.333. The highest BCUT2D eigenvalue weighted by atomic mass is 35.5. The number of fused-ring (bicyclic) bond motifs is 1. The van der Waals surface area contributed by atoms with E-state index in [2.05, 4.69) is 11.9 Å². The number of hydrogen-bond acceptors (Lipinski definition) is 4. The third kappa shape index (κ3) is 3.97. The van der Waals surface area contributed by atoms with Gasteiger partial charge in [-0.25, -0.2) is 4.98 Å². The van der Waals surface area contributed by atoms with Crippen molar-refractivity contribution in [2.45, 2.75) is 25.4 Å². The Morgan fingerprint density at radius 1 is 1.04 bits per heavy atom. The average molecular weight is 368 g/mol. The fourth-order valence-corrected chi connectivity index (χ4v) is 3.43. The number of halogens is 1. The van der Waals surface area contributed by atoms with Gasteiger partial charge in [0.2, 0.25) is 5.88 Å². The normalized spacial score (nSPS) is 16.1. The van der Waals surface area contributed by atoms with E-state index < -0.39 is 0 Å². The van der Waals surface area contributed by atoms with Crippen LogP contribution >= 0.6 is 11.6 Å². The van der Waals surface area contributed by atoms with E-state index in [0.717, 1.165) is 53.2 Å². The molecule has 0 saturated carbocycles. The summed E-state index contributed by atoms with van der Waals surface area (Å²) in [4.78, 5) is 11.8. The van der Waals surface area contributed by atoms with Crippen molar-refractivity contribution in [3.8, 4) is 5.88 Å². The molecule has 0 atom stereocenters. The molecule has 0 spiro atoms. The first-order valence-corrected chi connectivity index (χ1v) is 9.40. The van der Waals surface area contributed by atoms with Gasteiger partial charge in [-0.2, -0.15) is 4.98 Å². The second-order valence-corrected chi connectivity index (χ2v) is 7.32. The molecule has 2 heterocycles. The first kappa shape index (κ1) is 17.3. The quantitative estimate of drug-likeness (QED) is 0.687. The van der Waals surface area contributed by atoms with E-state index >= 15 is 0 Å². The SMILES string of the molecule is CN1CCC(Oc2nc(Cc3ccc(Cl)cc3)nc3ccccc23)CC1. The van der Waals surface area contributed by atoms with Gasteiger partial charge in [-0.15, -0.1) is 0 Å². The summed E-state index contributed by atoms with van der Waals surface area (Å²) < 4.78 is 6.32. The summed E-state index contributed by atoms with van der Waals surface area (Å²) in [6.07, 6.45) is 2.93. The van der Waals surface area contributed by atoms with Gasteiger partial charge in [0.1, 0.15) is 11.9 Å². The Morgan fingerprint density at radius 3 is 2.54 bits per heavy atom. The molecule has 1 aliphatic heterocycles. The number of piperidine rings is 1. The predicted molar refractivity (Wildman–Crippen MR) is 105 cm³/mol. The van der Waals surface area contributed by atoms with Gasteiger partial charge in [-0.05, 0) is 49.7 Å². The summed E-state index contributed by atoms with van der Waals surface area (Å²) in [5.74, 6) is 1.48. The van der Waals surface area contributed by atoms with Crippen LogP contribution in [-0.4, -0.2) is 41.1 Å².